The fraction of sp³-hybridized carbons (Fsp3) is 0.207. The molecule has 1 aromatic heterocycles. The first-order valence-electron chi connectivity index (χ1n) is 11.7. The first kappa shape index (κ1) is 24.7. The zero-order chi connectivity index (χ0) is 25.5. The van der Waals surface area contributed by atoms with Crippen molar-refractivity contribution >= 4 is 23.1 Å². The number of nitrogens with zero attached hydrogens (tertiary/aromatic N) is 2. The molecule has 1 amide bonds. The SMILES string of the molecule is COc1ccc(OCC(=O)Nc2ccc(Nc3cc(-c4ccccc4)ncn3)cc2)c(C(C)(C)C)c1. The Morgan fingerprint density at radius 3 is 2.31 bits per heavy atom. The lowest BCUT2D eigenvalue weighted by Gasteiger charge is -2.23. The molecule has 0 atom stereocenters. The van der Waals surface area contributed by atoms with E-state index in [9.17, 15) is 4.79 Å². The Labute approximate surface area is 211 Å². The van der Waals surface area contributed by atoms with Gasteiger partial charge in [0.15, 0.2) is 6.61 Å². The zero-order valence-corrected chi connectivity index (χ0v) is 20.9. The van der Waals surface area contributed by atoms with Crippen molar-refractivity contribution in [2.45, 2.75) is 26.2 Å². The number of hydrogen-bond acceptors (Lipinski definition) is 6. The number of ether oxygens (including phenoxy) is 2. The van der Waals surface area contributed by atoms with Crippen LogP contribution in [0.4, 0.5) is 17.2 Å². The highest BCUT2D eigenvalue weighted by molar-refractivity contribution is 5.92. The Morgan fingerprint density at radius 1 is 0.889 bits per heavy atom. The summed E-state index contributed by atoms with van der Waals surface area (Å²) in [5.74, 6) is 1.86. The standard InChI is InChI=1S/C29H30N4O3/c1-29(2,3)24-16-23(35-4)14-15-26(24)36-18-28(34)33-22-12-10-21(11-13-22)32-27-17-25(30-19-31-27)20-8-6-5-7-9-20/h5-17,19H,18H2,1-4H3,(H,33,34)(H,30,31,32). The van der Waals surface area contributed by atoms with Gasteiger partial charge in [-0.2, -0.15) is 0 Å². The Balaban J connectivity index is 1.35. The molecule has 7 heteroatoms. The first-order valence-corrected chi connectivity index (χ1v) is 11.7. The van der Waals surface area contributed by atoms with E-state index in [0.717, 1.165) is 28.3 Å². The number of carbonyl (C=O) groups is 1. The van der Waals surface area contributed by atoms with Gasteiger partial charge in [-0.05, 0) is 47.9 Å². The average Bonchev–Trinajstić information content (AvgIpc) is 2.89. The van der Waals surface area contributed by atoms with Crippen LogP contribution in [0, 0.1) is 0 Å². The maximum Gasteiger partial charge on any atom is 0.262 e. The molecule has 4 rings (SSSR count). The molecule has 36 heavy (non-hydrogen) atoms. The average molecular weight is 483 g/mol. The molecule has 1 heterocycles. The largest absolute Gasteiger partial charge is 0.497 e. The molecule has 0 aliphatic heterocycles. The van der Waals surface area contributed by atoms with Crippen LogP contribution in [0.1, 0.15) is 26.3 Å². The monoisotopic (exact) mass is 482 g/mol. The third kappa shape index (κ3) is 6.39. The third-order valence-corrected chi connectivity index (χ3v) is 5.53. The van der Waals surface area contributed by atoms with Crippen LogP contribution in [0.5, 0.6) is 11.5 Å². The maximum absolute atomic E-state index is 12.5. The van der Waals surface area contributed by atoms with Crippen LogP contribution in [0.25, 0.3) is 11.3 Å². The molecule has 0 spiro atoms. The van der Waals surface area contributed by atoms with Crippen molar-refractivity contribution < 1.29 is 14.3 Å². The molecular weight excluding hydrogens is 452 g/mol. The molecule has 0 fully saturated rings. The number of rotatable bonds is 8. The van der Waals surface area contributed by atoms with E-state index in [0.29, 0.717) is 17.3 Å². The van der Waals surface area contributed by atoms with Crippen molar-refractivity contribution in [3.05, 3.63) is 90.8 Å². The number of amides is 1. The van der Waals surface area contributed by atoms with Crippen LogP contribution < -0.4 is 20.1 Å². The summed E-state index contributed by atoms with van der Waals surface area (Å²) in [6, 6.07) is 24.8. The van der Waals surface area contributed by atoms with Crippen LogP contribution in [-0.4, -0.2) is 29.6 Å². The Kier molecular flexibility index (Phi) is 7.49. The summed E-state index contributed by atoms with van der Waals surface area (Å²) in [7, 11) is 1.63. The molecule has 0 saturated carbocycles. The van der Waals surface area contributed by atoms with Crippen molar-refractivity contribution in [1.82, 2.24) is 9.97 Å². The number of benzene rings is 3. The molecule has 184 valence electrons. The van der Waals surface area contributed by atoms with Crippen LogP contribution in [0.15, 0.2) is 85.2 Å². The minimum absolute atomic E-state index is 0.0986. The molecule has 0 aliphatic rings. The number of hydrogen-bond donors (Lipinski definition) is 2. The lowest BCUT2D eigenvalue weighted by atomic mass is 9.86. The van der Waals surface area contributed by atoms with Gasteiger partial charge in [0.2, 0.25) is 0 Å². The number of anilines is 3. The highest BCUT2D eigenvalue weighted by Gasteiger charge is 2.20. The molecule has 4 aromatic rings. The maximum atomic E-state index is 12.5. The second-order valence-electron chi connectivity index (χ2n) is 9.31. The van der Waals surface area contributed by atoms with Gasteiger partial charge in [-0.15, -0.1) is 0 Å². The first-order chi connectivity index (χ1) is 17.3. The Hall–Kier alpha value is -4.39. The lowest BCUT2D eigenvalue weighted by molar-refractivity contribution is -0.118. The highest BCUT2D eigenvalue weighted by Crippen LogP contribution is 2.34. The minimum atomic E-state index is -0.241. The van der Waals surface area contributed by atoms with E-state index >= 15 is 0 Å². The fourth-order valence-corrected chi connectivity index (χ4v) is 3.67. The van der Waals surface area contributed by atoms with E-state index in [-0.39, 0.29) is 17.9 Å². The molecule has 0 bridgehead atoms. The number of nitrogens with one attached hydrogen (secondary N) is 2. The van der Waals surface area contributed by atoms with E-state index < -0.39 is 0 Å². The molecule has 7 nitrogen and oxygen atoms in total. The van der Waals surface area contributed by atoms with Crippen molar-refractivity contribution in [3.8, 4) is 22.8 Å². The van der Waals surface area contributed by atoms with E-state index in [2.05, 4.69) is 41.4 Å². The van der Waals surface area contributed by atoms with Gasteiger partial charge in [0.05, 0.1) is 12.8 Å². The van der Waals surface area contributed by atoms with Crippen LogP contribution in [-0.2, 0) is 10.2 Å². The summed E-state index contributed by atoms with van der Waals surface area (Å²) in [6.45, 7) is 6.18. The smallest absolute Gasteiger partial charge is 0.262 e. The van der Waals surface area contributed by atoms with Crippen molar-refractivity contribution in [2.24, 2.45) is 0 Å². The fourth-order valence-electron chi connectivity index (χ4n) is 3.67. The molecule has 2 N–H and O–H groups in total. The molecule has 3 aromatic carbocycles. The highest BCUT2D eigenvalue weighted by atomic mass is 16.5. The number of aromatic nitrogens is 2. The summed E-state index contributed by atoms with van der Waals surface area (Å²) in [5, 5.41) is 6.14. The van der Waals surface area contributed by atoms with Gasteiger partial charge in [-0.3, -0.25) is 4.79 Å². The van der Waals surface area contributed by atoms with Gasteiger partial charge in [0.25, 0.3) is 5.91 Å². The quantitative estimate of drug-likeness (QED) is 0.311. The van der Waals surface area contributed by atoms with Crippen molar-refractivity contribution in [1.29, 1.82) is 0 Å². The third-order valence-electron chi connectivity index (χ3n) is 5.53. The molecule has 0 unspecified atom stereocenters. The van der Waals surface area contributed by atoms with Crippen LogP contribution in [0.2, 0.25) is 0 Å². The molecule has 0 aliphatic carbocycles. The van der Waals surface area contributed by atoms with E-state index in [1.54, 1.807) is 7.11 Å². The minimum Gasteiger partial charge on any atom is -0.497 e. The van der Waals surface area contributed by atoms with Crippen LogP contribution in [0.3, 0.4) is 0 Å². The van der Waals surface area contributed by atoms with Crippen LogP contribution >= 0.6 is 0 Å². The zero-order valence-electron chi connectivity index (χ0n) is 20.9. The lowest BCUT2D eigenvalue weighted by Crippen LogP contribution is -2.22. The second-order valence-corrected chi connectivity index (χ2v) is 9.31. The number of methoxy groups -OCH3 is 1. The predicted molar refractivity (Wildman–Crippen MR) is 143 cm³/mol. The molecular formula is C29H30N4O3. The van der Waals surface area contributed by atoms with E-state index in [1.165, 1.54) is 6.33 Å². The summed E-state index contributed by atoms with van der Waals surface area (Å²) in [5.41, 5.74) is 4.19. The van der Waals surface area contributed by atoms with Gasteiger partial charge >= 0.3 is 0 Å². The van der Waals surface area contributed by atoms with Gasteiger partial charge in [0.1, 0.15) is 23.6 Å². The second kappa shape index (κ2) is 10.9. The molecule has 0 radical (unpaired) electrons. The van der Waals surface area contributed by atoms with Crippen molar-refractivity contribution in [3.63, 3.8) is 0 Å². The Morgan fingerprint density at radius 2 is 1.61 bits per heavy atom. The summed E-state index contributed by atoms with van der Waals surface area (Å²) >= 11 is 0. The summed E-state index contributed by atoms with van der Waals surface area (Å²) < 4.78 is 11.2. The predicted octanol–water partition coefficient (Wildman–Crippen LogP) is 6.21. The van der Waals surface area contributed by atoms with Gasteiger partial charge in [-0.25, -0.2) is 9.97 Å². The van der Waals surface area contributed by atoms with Crippen molar-refractivity contribution in [2.75, 3.05) is 24.4 Å². The normalized spacial score (nSPS) is 11.0. The van der Waals surface area contributed by atoms with Gasteiger partial charge in [0, 0.05) is 28.6 Å². The van der Waals surface area contributed by atoms with Gasteiger partial charge in [-0.1, -0.05) is 51.1 Å². The topological polar surface area (TPSA) is 85.4 Å². The summed E-state index contributed by atoms with van der Waals surface area (Å²) in [6.07, 6.45) is 1.53. The van der Waals surface area contributed by atoms with E-state index in [1.807, 2.05) is 78.9 Å². The Bertz CT molecular complexity index is 1320. The summed E-state index contributed by atoms with van der Waals surface area (Å²) in [4.78, 5) is 21.2. The molecule has 0 saturated heterocycles. The van der Waals surface area contributed by atoms with E-state index in [4.69, 9.17) is 9.47 Å². The van der Waals surface area contributed by atoms with Gasteiger partial charge < -0.3 is 20.1 Å². The number of carbonyl (C=O) groups excluding carboxylic acids is 1.